The maximum atomic E-state index is 12.8. The number of nitrogens with one attached hydrogen (secondary N) is 1. The van der Waals surface area contributed by atoms with E-state index in [1.807, 2.05) is 0 Å². The Kier molecular flexibility index (Phi) is 11.5. The van der Waals surface area contributed by atoms with Gasteiger partial charge in [-0.25, -0.2) is 5.48 Å². The molecule has 1 aliphatic rings. The average Bonchev–Trinajstić information content (AvgIpc) is 3.17. The second-order valence-electron chi connectivity index (χ2n) is 9.06. The van der Waals surface area contributed by atoms with Gasteiger partial charge >= 0.3 is 12.1 Å². The number of unbranched alkanes of at least 4 members (excludes halogenated alkanes) is 5. The number of benzene rings is 1. The van der Waals surface area contributed by atoms with Crippen molar-refractivity contribution in [3.63, 3.8) is 0 Å². The summed E-state index contributed by atoms with van der Waals surface area (Å²) >= 11 is 0. The zero-order valence-corrected chi connectivity index (χ0v) is 19.1. The Labute approximate surface area is 189 Å². The van der Waals surface area contributed by atoms with Gasteiger partial charge in [-0.05, 0) is 62.0 Å². The highest BCUT2D eigenvalue weighted by Gasteiger charge is 2.34. The maximum absolute atomic E-state index is 12.8. The highest BCUT2D eigenvalue weighted by Crippen LogP contribution is 2.39. The minimum Gasteiger partial charge on any atom is -0.469 e. The number of hydrogen-bond donors (Lipinski definition) is 2. The minimum absolute atomic E-state index is 0.141. The number of esters is 1. The van der Waals surface area contributed by atoms with Gasteiger partial charge in [0.15, 0.2) is 0 Å². The van der Waals surface area contributed by atoms with Crippen LogP contribution in [0.2, 0.25) is 0 Å². The number of hydroxylamine groups is 1. The largest absolute Gasteiger partial charge is 0.469 e. The molecule has 0 radical (unpaired) electrons. The predicted molar refractivity (Wildman–Crippen MR) is 118 cm³/mol. The second kappa shape index (κ2) is 13.8. The van der Waals surface area contributed by atoms with Gasteiger partial charge in [-0.15, -0.1) is 0 Å². The first-order chi connectivity index (χ1) is 15.3. The maximum Gasteiger partial charge on any atom is 0.416 e. The van der Waals surface area contributed by atoms with Crippen molar-refractivity contribution in [2.45, 2.75) is 95.7 Å². The summed E-state index contributed by atoms with van der Waals surface area (Å²) in [6.45, 7) is 0. The highest BCUT2D eigenvalue weighted by molar-refractivity contribution is 5.68. The number of ether oxygens (including phenoxy) is 1. The Bertz CT molecular complexity index is 681. The fraction of sp³-hybridized carbons (Fsp3) is 0.720. The van der Waals surface area contributed by atoms with Gasteiger partial charge < -0.3 is 9.94 Å². The van der Waals surface area contributed by atoms with Crippen LogP contribution in [-0.2, 0) is 22.1 Å². The molecular formula is C25H38F3NO3. The molecule has 0 bridgehead atoms. The second-order valence-corrected chi connectivity index (χ2v) is 9.06. The Morgan fingerprint density at radius 3 is 2.50 bits per heavy atom. The van der Waals surface area contributed by atoms with Crippen LogP contribution < -0.4 is 5.48 Å². The van der Waals surface area contributed by atoms with E-state index in [-0.39, 0.29) is 12.0 Å². The van der Waals surface area contributed by atoms with E-state index in [0.29, 0.717) is 24.7 Å². The van der Waals surface area contributed by atoms with Crippen LogP contribution in [0, 0.1) is 11.8 Å². The zero-order chi connectivity index (χ0) is 23.4. The van der Waals surface area contributed by atoms with Crippen LogP contribution in [0.5, 0.6) is 0 Å². The molecule has 0 heterocycles. The van der Waals surface area contributed by atoms with Crippen LogP contribution in [-0.4, -0.2) is 24.3 Å². The van der Waals surface area contributed by atoms with Crippen molar-refractivity contribution in [2.24, 2.45) is 11.8 Å². The summed E-state index contributed by atoms with van der Waals surface area (Å²) in [6, 6.07) is 5.75. The lowest BCUT2D eigenvalue weighted by molar-refractivity contribution is -0.140. The highest BCUT2D eigenvalue weighted by atomic mass is 19.4. The number of rotatable bonds is 14. The zero-order valence-electron chi connectivity index (χ0n) is 19.1. The van der Waals surface area contributed by atoms with Crippen molar-refractivity contribution in [3.05, 3.63) is 35.4 Å². The molecule has 1 aromatic carbocycles. The number of alkyl halides is 3. The fourth-order valence-electron chi connectivity index (χ4n) is 5.03. The van der Waals surface area contributed by atoms with E-state index in [9.17, 15) is 23.2 Å². The molecule has 1 fully saturated rings. The summed E-state index contributed by atoms with van der Waals surface area (Å²) in [4.78, 5) is 11.1. The standard InChI is InChI=1S/C25H38F3NO3/c1-32-24(30)15-8-3-2-6-12-20-16-17-23(29-31)22(20)14-7-4-5-10-19-11-9-13-21(18-19)25(26,27)28/h9,11,13,18,20,22-23,29,31H,2-8,10,12,14-17H2,1H3/t20-,22+,23?/m0/s1. The topological polar surface area (TPSA) is 58.6 Å². The number of carbonyl (C=O) groups excluding carboxylic acids is 1. The van der Waals surface area contributed by atoms with Crippen LogP contribution in [0.25, 0.3) is 0 Å². The van der Waals surface area contributed by atoms with Crippen LogP contribution in [0.15, 0.2) is 24.3 Å². The van der Waals surface area contributed by atoms with Crippen molar-refractivity contribution in [3.8, 4) is 0 Å². The van der Waals surface area contributed by atoms with Gasteiger partial charge in [-0.3, -0.25) is 4.79 Å². The first kappa shape index (κ1) is 26.7. The molecule has 2 rings (SSSR count). The molecule has 7 heteroatoms. The quantitative estimate of drug-likeness (QED) is 0.185. The van der Waals surface area contributed by atoms with Crippen molar-refractivity contribution in [1.82, 2.24) is 5.48 Å². The summed E-state index contributed by atoms with van der Waals surface area (Å²) in [5, 5.41) is 9.53. The molecule has 3 atom stereocenters. The molecular weight excluding hydrogens is 419 g/mol. The predicted octanol–water partition coefficient (Wildman–Crippen LogP) is 6.70. The van der Waals surface area contributed by atoms with Crippen molar-refractivity contribution >= 4 is 5.97 Å². The third-order valence-electron chi connectivity index (χ3n) is 6.83. The smallest absolute Gasteiger partial charge is 0.416 e. The number of halogens is 3. The molecule has 0 aliphatic heterocycles. The summed E-state index contributed by atoms with van der Waals surface area (Å²) in [7, 11) is 1.42. The monoisotopic (exact) mass is 457 g/mol. The summed E-state index contributed by atoms with van der Waals surface area (Å²) in [5.41, 5.74) is 2.66. The normalized spacial score (nSPS) is 21.1. The van der Waals surface area contributed by atoms with Crippen molar-refractivity contribution in [2.75, 3.05) is 7.11 Å². The van der Waals surface area contributed by atoms with Gasteiger partial charge in [0.2, 0.25) is 0 Å². The van der Waals surface area contributed by atoms with E-state index in [4.69, 9.17) is 0 Å². The molecule has 2 N–H and O–H groups in total. The molecule has 0 aromatic heterocycles. The van der Waals surface area contributed by atoms with Crippen molar-refractivity contribution < 1.29 is 27.9 Å². The lowest BCUT2D eigenvalue weighted by Gasteiger charge is -2.24. The van der Waals surface area contributed by atoms with E-state index < -0.39 is 11.7 Å². The third kappa shape index (κ3) is 9.10. The van der Waals surface area contributed by atoms with Gasteiger partial charge in [0.1, 0.15) is 0 Å². The fourth-order valence-corrected chi connectivity index (χ4v) is 5.03. The SMILES string of the molecule is COC(=O)CCCCCC[C@H]1CCC(NO)[C@@H]1CCCCCc1cccc(C(F)(F)F)c1. The molecule has 32 heavy (non-hydrogen) atoms. The number of methoxy groups -OCH3 is 1. The van der Waals surface area contributed by atoms with Gasteiger partial charge in [-0.2, -0.15) is 13.2 Å². The molecule has 0 amide bonds. The first-order valence-corrected chi connectivity index (χ1v) is 12.0. The average molecular weight is 458 g/mol. The van der Waals surface area contributed by atoms with E-state index in [1.54, 1.807) is 6.07 Å². The van der Waals surface area contributed by atoms with Gasteiger partial charge in [-0.1, -0.05) is 56.7 Å². The third-order valence-corrected chi connectivity index (χ3v) is 6.83. The number of carbonyl (C=O) groups is 1. The summed E-state index contributed by atoms with van der Waals surface area (Å²) in [5.74, 6) is 0.901. The van der Waals surface area contributed by atoms with Gasteiger partial charge in [0.05, 0.1) is 12.7 Å². The van der Waals surface area contributed by atoms with Gasteiger partial charge in [0.25, 0.3) is 0 Å². The van der Waals surface area contributed by atoms with Crippen molar-refractivity contribution in [1.29, 1.82) is 0 Å². The first-order valence-electron chi connectivity index (χ1n) is 12.0. The molecule has 182 valence electrons. The van der Waals surface area contributed by atoms with Crippen LogP contribution in [0.3, 0.4) is 0 Å². The van der Waals surface area contributed by atoms with Crippen LogP contribution in [0.4, 0.5) is 13.2 Å². The molecule has 1 aliphatic carbocycles. The van der Waals surface area contributed by atoms with E-state index in [1.165, 1.54) is 19.2 Å². The Hall–Kier alpha value is -1.60. The number of hydrogen-bond acceptors (Lipinski definition) is 4. The number of aryl methyl sites for hydroxylation is 1. The van der Waals surface area contributed by atoms with E-state index in [0.717, 1.165) is 82.3 Å². The van der Waals surface area contributed by atoms with E-state index in [2.05, 4.69) is 10.2 Å². The lowest BCUT2D eigenvalue weighted by atomic mass is 9.85. The minimum atomic E-state index is -4.29. The van der Waals surface area contributed by atoms with Crippen LogP contribution >= 0.6 is 0 Å². The molecule has 0 saturated heterocycles. The van der Waals surface area contributed by atoms with E-state index >= 15 is 0 Å². The molecule has 0 spiro atoms. The molecule has 1 saturated carbocycles. The van der Waals surface area contributed by atoms with Gasteiger partial charge in [0, 0.05) is 12.5 Å². The van der Waals surface area contributed by atoms with Crippen LogP contribution in [0.1, 0.15) is 88.2 Å². The Morgan fingerprint density at radius 1 is 1.06 bits per heavy atom. The lowest BCUT2D eigenvalue weighted by Crippen LogP contribution is -2.31. The Morgan fingerprint density at radius 2 is 1.78 bits per heavy atom. The molecule has 4 nitrogen and oxygen atoms in total. The summed E-state index contributed by atoms with van der Waals surface area (Å²) < 4.78 is 43.2. The Balaban J connectivity index is 1.66. The molecule has 1 unspecified atom stereocenters. The summed E-state index contributed by atoms with van der Waals surface area (Å²) in [6.07, 6.45) is 8.15. The molecule has 1 aromatic rings.